The molecule has 0 rings (SSSR count). The van der Waals surface area contributed by atoms with E-state index in [4.69, 9.17) is 6.42 Å². The summed E-state index contributed by atoms with van der Waals surface area (Å²) in [5, 5.41) is 9.44. The molecule has 1 N–H and O–H groups in total. The van der Waals surface area contributed by atoms with Crippen LogP contribution in [0.1, 0.15) is 52.4 Å². The van der Waals surface area contributed by atoms with Crippen LogP contribution in [0.4, 0.5) is 0 Å². The third-order valence-corrected chi connectivity index (χ3v) is 2.57. The average molecular weight is 182 g/mol. The van der Waals surface area contributed by atoms with Crippen LogP contribution in [0.5, 0.6) is 0 Å². The lowest BCUT2D eigenvalue weighted by atomic mass is 9.93. The minimum atomic E-state index is -0.536. The number of unbranched alkanes of at least 4 members (excludes halogenated alkanes) is 3. The second kappa shape index (κ2) is 8.13. The molecule has 1 heteroatoms. The fourth-order valence-corrected chi connectivity index (χ4v) is 1.55. The summed E-state index contributed by atoms with van der Waals surface area (Å²) in [6.07, 6.45) is 11.7. The second-order valence-electron chi connectivity index (χ2n) is 3.63. The molecule has 2 unspecified atom stereocenters. The molecule has 0 aliphatic heterocycles. The molecule has 0 amide bonds. The highest BCUT2D eigenvalue weighted by atomic mass is 16.3. The Hall–Kier alpha value is -0.480. The number of rotatable bonds is 7. The van der Waals surface area contributed by atoms with Crippen molar-refractivity contribution in [3.05, 3.63) is 0 Å². The van der Waals surface area contributed by atoms with E-state index >= 15 is 0 Å². The van der Waals surface area contributed by atoms with E-state index in [2.05, 4.69) is 19.8 Å². The molecule has 0 saturated heterocycles. The topological polar surface area (TPSA) is 20.2 Å². The maximum Gasteiger partial charge on any atom is 0.117 e. The van der Waals surface area contributed by atoms with Gasteiger partial charge in [0.15, 0.2) is 0 Å². The summed E-state index contributed by atoms with van der Waals surface area (Å²) in [5.41, 5.74) is 0. The van der Waals surface area contributed by atoms with Gasteiger partial charge < -0.3 is 5.11 Å². The lowest BCUT2D eigenvalue weighted by Crippen LogP contribution is -2.17. The average Bonchev–Trinajstić information content (AvgIpc) is 2.17. The van der Waals surface area contributed by atoms with E-state index in [1.165, 1.54) is 25.7 Å². The SMILES string of the molecule is C#CC(O)C(CC)CCCCCC. The van der Waals surface area contributed by atoms with Crippen LogP contribution in [0.2, 0.25) is 0 Å². The van der Waals surface area contributed by atoms with Gasteiger partial charge in [-0.3, -0.25) is 0 Å². The molecular weight excluding hydrogens is 160 g/mol. The molecule has 76 valence electrons. The highest BCUT2D eigenvalue weighted by molar-refractivity contribution is 4.96. The molecule has 1 nitrogen and oxygen atoms in total. The Balaban J connectivity index is 3.55. The van der Waals surface area contributed by atoms with Gasteiger partial charge in [-0.05, 0) is 18.8 Å². The minimum Gasteiger partial charge on any atom is -0.380 e. The van der Waals surface area contributed by atoms with Crippen LogP contribution in [-0.4, -0.2) is 11.2 Å². The lowest BCUT2D eigenvalue weighted by Gasteiger charge is -2.16. The van der Waals surface area contributed by atoms with Gasteiger partial charge in [0.25, 0.3) is 0 Å². The van der Waals surface area contributed by atoms with Crippen LogP contribution in [0, 0.1) is 18.3 Å². The van der Waals surface area contributed by atoms with Gasteiger partial charge in [0, 0.05) is 0 Å². The van der Waals surface area contributed by atoms with Gasteiger partial charge in [-0.1, -0.05) is 45.5 Å². The summed E-state index contributed by atoms with van der Waals surface area (Å²) in [4.78, 5) is 0. The standard InChI is InChI=1S/C12H22O/c1-4-7-8-9-10-11(5-2)12(13)6-3/h3,11-13H,4-5,7-10H2,1-2H3. The first-order valence-electron chi connectivity index (χ1n) is 5.40. The van der Waals surface area contributed by atoms with E-state index in [1.54, 1.807) is 0 Å². The zero-order chi connectivity index (χ0) is 10.1. The fourth-order valence-electron chi connectivity index (χ4n) is 1.55. The Morgan fingerprint density at radius 2 is 1.92 bits per heavy atom. The maximum atomic E-state index is 9.44. The summed E-state index contributed by atoms with van der Waals surface area (Å²) in [5.74, 6) is 2.72. The smallest absolute Gasteiger partial charge is 0.117 e. The molecule has 0 spiro atoms. The maximum absolute atomic E-state index is 9.44. The quantitative estimate of drug-likeness (QED) is 0.474. The van der Waals surface area contributed by atoms with Gasteiger partial charge in [0.1, 0.15) is 6.10 Å². The lowest BCUT2D eigenvalue weighted by molar-refractivity contribution is 0.150. The summed E-state index contributed by atoms with van der Waals surface area (Å²) in [7, 11) is 0. The molecule has 0 aromatic rings. The Morgan fingerprint density at radius 1 is 1.23 bits per heavy atom. The molecule has 13 heavy (non-hydrogen) atoms. The van der Waals surface area contributed by atoms with E-state index in [-0.39, 0.29) is 0 Å². The van der Waals surface area contributed by atoms with Crippen LogP contribution < -0.4 is 0 Å². The molecule has 0 heterocycles. The third kappa shape index (κ3) is 5.71. The van der Waals surface area contributed by atoms with Gasteiger partial charge in [-0.15, -0.1) is 6.42 Å². The molecule has 2 atom stereocenters. The largest absolute Gasteiger partial charge is 0.380 e. The summed E-state index contributed by atoms with van der Waals surface area (Å²) in [6.45, 7) is 4.29. The van der Waals surface area contributed by atoms with Crippen molar-refractivity contribution in [2.75, 3.05) is 0 Å². The van der Waals surface area contributed by atoms with E-state index < -0.39 is 6.10 Å². The Labute approximate surface area is 82.5 Å². The van der Waals surface area contributed by atoms with Crippen LogP contribution in [0.25, 0.3) is 0 Å². The van der Waals surface area contributed by atoms with Crippen molar-refractivity contribution in [2.45, 2.75) is 58.5 Å². The van der Waals surface area contributed by atoms with Crippen molar-refractivity contribution in [1.82, 2.24) is 0 Å². The van der Waals surface area contributed by atoms with Crippen molar-refractivity contribution in [1.29, 1.82) is 0 Å². The molecule has 0 radical (unpaired) electrons. The van der Waals surface area contributed by atoms with Crippen molar-refractivity contribution >= 4 is 0 Å². The molecule has 0 bridgehead atoms. The zero-order valence-corrected chi connectivity index (χ0v) is 8.92. The highest BCUT2D eigenvalue weighted by Crippen LogP contribution is 2.17. The van der Waals surface area contributed by atoms with Crippen LogP contribution in [0.3, 0.4) is 0 Å². The molecular formula is C12H22O. The van der Waals surface area contributed by atoms with Crippen molar-refractivity contribution in [3.8, 4) is 12.3 Å². The normalized spacial score (nSPS) is 14.9. The van der Waals surface area contributed by atoms with Crippen LogP contribution in [-0.2, 0) is 0 Å². The second-order valence-corrected chi connectivity index (χ2v) is 3.63. The summed E-state index contributed by atoms with van der Waals surface area (Å²) in [6, 6.07) is 0. The van der Waals surface area contributed by atoms with E-state index in [0.717, 1.165) is 12.8 Å². The van der Waals surface area contributed by atoms with Gasteiger partial charge in [0.05, 0.1) is 0 Å². The van der Waals surface area contributed by atoms with Crippen LogP contribution in [0.15, 0.2) is 0 Å². The Bertz CT molecular complexity index is 146. The number of aliphatic hydroxyl groups excluding tert-OH is 1. The predicted octanol–water partition coefficient (Wildman–Crippen LogP) is 2.98. The first-order valence-corrected chi connectivity index (χ1v) is 5.40. The van der Waals surface area contributed by atoms with Gasteiger partial charge >= 0.3 is 0 Å². The Kier molecular flexibility index (Phi) is 7.83. The number of aliphatic hydroxyl groups is 1. The predicted molar refractivity (Wildman–Crippen MR) is 57.4 cm³/mol. The number of hydrogen-bond acceptors (Lipinski definition) is 1. The molecule has 0 aliphatic carbocycles. The van der Waals surface area contributed by atoms with Crippen molar-refractivity contribution in [3.63, 3.8) is 0 Å². The van der Waals surface area contributed by atoms with Gasteiger partial charge in [-0.2, -0.15) is 0 Å². The first-order chi connectivity index (χ1) is 6.26. The molecule has 0 saturated carbocycles. The molecule has 0 fully saturated rings. The van der Waals surface area contributed by atoms with E-state index in [1.807, 2.05) is 0 Å². The van der Waals surface area contributed by atoms with E-state index in [9.17, 15) is 5.11 Å². The van der Waals surface area contributed by atoms with Gasteiger partial charge in [0.2, 0.25) is 0 Å². The first kappa shape index (κ1) is 12.5. The number of terminal acetylenes is 1. The van der Waals surface area contributed by atoms with Gasteiger partial charge in [-0.25, -0.2) is 0 Å². The van der Waals surface area contributed by atoms with E-state index in [0.29, 0.717) is 5.92 Å². The Morgan fingerprint density at radius 3 is 2.38 bits per heavy atom. The highest BCUT2D eigenvalue weighted by Gasteiger charge is 2.13. The summed E-state index contributed by atoms with van der Waals surface area (Å²) < 4.78 is 0. The van der Waals surface area contributed by atoms with Crippen molar-refractivity contribution < 1.29 is 5.11 Å². The van der Waals surface area contributed by atoms with Crippen molar-refractivity contribution in [2.24, 2.45) is 5.92 Å². The zero-order valence-electron chi connectivity index (χ0n) is 8.92. The monoisotopic (exact) mass is 182 g/mol. The molecule has 0 aliphatic rings. The molecule has 0 aromatic carbocycles. The number of hydrogen-bond donors (Lipinski definition) is 1. The summed E-state index contributed by atoms with van der Waals surface area (Å²) >= 11 is 0. The third-order valence-electron chi connectivity index (χ3n) is 2.57. The van der Waals surface area contributed by atoms with Crippen LogP contribution >= 0.6 is 0 Å². The molecule has 0 aromatic heterocycles. The fraction of sp³-hybridized carbons (Fsp3) is 0.833. The minimum absolute atomic E-state index is 0.307.